The van der Waals surface area contributed by atoms with Crippen molar-refractivity contribution in [3.63, 3.8) is 0 Å². The summed E-state index contributed by atoms with van der Waals surface area (Å²) in [6.45, 7) is 0.765. The minimum absolute atomic E-state index is 0.0750. The van der Waals surface area contributed by atoms with Gasteiger partial charge in [0.25, 0.3) is 0 Å². The highest BCUT2D eigenvalue weighted by molar-refractivity contribution is 6.21. The van der Waals surface area contributed by atoms with Crippen LogP contribution in [0.5, 0.6) is 0 Å². The fourth-order valence-corrected chi connectivity index (χ4v) is 1.64. The van der Waals surface area contributed by atoms with Gasteiger partial charge in [-0.3, -0.25) is 4.79 Å². The number of hydrogen-bond donors (Lipinski definition) is 1. The van der Waals surface area contributed by atoms with Crippen molar-refractivity contribution in [1.82, 2.24) is 0 Å². The number of carboxylic acid groups (broad SMARTS) is 1. The van der Waals surface area contributed by atoms with Gasteiger partial charge in [-0.15, -0.1) is 11.6 Å². The minimum atomic E-state index is -0.793. The molecular formula is C8H13ClO3. The molecule has 1 N–H and O–H groups in total. The van der Waals surface area contributed by atoms with Gasteiger partial charge in [0.1, 0.15) is 0 Å². The molecule has 0 spiro atoms. The molecule has 2 atom stereocenters. The van der Waals surface area contributed by atoms with Crippen LogP contribution in [0.3, 0.4) is 0 Å². The van der Waals surface area contributed by atoms with Crippen LogP contribution in [0.25, 0.3) is 0 Å². The quantitative estimate of drug-likeness (QED) is 0.689. The maximum Gasteiger partial charge on any atom is 0.303 e. The Hall–Kier alpha value is -0.280. The average Bonchev–Trinajstić information content (AvgIpc) is 2.51. The maximum absolute atomic E-state index is 10.2. The number of alkyl halides is 1. The zero-order chi connectivity index (χ0) is 8.97. The number of ether oxygens (including phenoxy) is 1. The molecule has 0 radical (unpaired) electrons. The molecule has 1 aliphatic rings. The Morgan fingerprint density at radius 3 is 3.00 bits per heavy atom. The number of carboxylic acids is 1. The van der Waals surface area contributed by atoms with Crippen LogP contribution in [-0.2, 0) is 9.53 Å². The molecule has 1 aliphatic heterocycles. The fraction of sp³-hybridized carbons (Fsp3) is 0.875. The van der Waals surface area contributed by atoms with E-state index in [4.69, 9.17) is 21.4 Å². The first-order valence-electron chi connectivity index (χ1n) is 4.17. The van der Waals surface area contributed by atoms with Crippen LogP contribution in [-0.4, -0.2) is 29.2 Å². The van der Waals surface area contributed by atoms with E-state index in [1.807, 2.05) is 0 Å². The molecule has 0 amide bonds. The first kappa shape index (κ1) is 9.81. The molecule has 2 unspecified atom stereocenters. The Balaban J connectivity index is 2.17. The van der Waals surface area contributed by atoms with Crippen molar-refractivity contribution >= 4 is 17.6 Å². The smallest absolute Gasteiger partial charge is 0.303 e. The van der Waals surface area contributed by atoms with Crippen LogP contribution < -0.4 is 0 Å². The summed E-state index contributed by atoms with van der Waals surface area (Å²) in [6, 6.07) is 0. The van der Waals surface area contributed by atoms with Gasteiger partial charge in [-0.2, -0.15) is 0 Å². The molecule has 4 heteroatoms. The third-order valence-electron chi connectivity index (χ3n) is 2.00. The third kappa shape index (κ3) is 2.99. The molecule has 1 rings (SSSR count). The van der Waals surface area contributed by atoms with Gasteiger partial charge in [-0.05, 0) is 19.3 Å². The Kier molecular flexibility index (Phi) is 3.82. The summed E-state index contributed by atoms with van der Waals surface area (Å²) in [4.78, 5) is 10.2. The molecule has 3 nitrogen and oxygen atoms in total. The molecular weight excluding hydrogens is 180 g/mol. The predicted molar refractivity (Wildman–Crippen MR) is 45.5 cm³/mol. The van der Waals surface area contributed by atoms with Crippen molar-refractivity contribution in [2.45, 2.75) is 37.2 Å². The van der Waals surface area contributed by atoms with Crippen LogP contribution in [0.15, 0.2) is 0 Å². The third-order valence-corrected chi connectivity index (χ3v) is 2.50. The molecule has 0 aromatic heterocycles. The van der Waals surface area contributed by atoms with Gasteiger partial charge in [-0.1, -0.05) is 0 Å². The molecule has 0 aromatic rings. The van der Waals surface area contributed by atoms with Crippen molar-refractivity contribution in [1.29, 1.82) is 0 Å². The lowest BCUT2D eigenvalue weighted by Crippen LogP contribution is -2.20. The normalized spacial score (nSPS) is 25.6. The van der Waals surface area contributed by atoms with Crippen molar-refractivity contribution in [3.05, 3.63) is 0 Å². The summed E-state index contributed by atoms with van der Waals surface area (Å²) in [5.41, 5.74) is 0. The monoisotopic (exact) mass is 192 g/mol. The highest BCUT2D eigenvalue weighted by Crippen LogP contribution is 2.22. The Morgan fingerprint density at radius 2 is 2.50 bits per heavy atom. The van der Waals surface area contributed by atoms with E-state index in [-0.39, 0.29) is 17.9 Å². The van der Waals surface area contributed by atoms with Crippen molar-refractivity contribution in [2.75, 3.05) is 6.61 Å². The molecule has 0 aliphatic carbocycles. The van der Waals surface area contributed by atoms with Gasteiger partial charge in [0.15, 0.2) is 0 Å². The van der Waals surface area contributed by atoms with Gasteiger partial charge in [0.05, 0.1) is 11.5 Å². The van der Waals surface area contributed by atoms with E-state index in [1.165, 1.54) is 0 Å². The van der Waals surface area contributed by atoms with Crippen LogP contribution >= 0.6 is 11.6 Å². The van der Waals surface area contributed by atoms with Gasteiger partial charge in [0.2, 0.25) is 0 Å². The lowest BCUT2D eigenvalue weighted by atomic mass is 10.1. The number of rotatable bonds is 4. The summed E-state index contributed by atoms with van der Waals surface area (Å²) < 4.78 is 5.32. The van der Waals surface area contributed by atoms with Crippen molar-refractivity contribution < 1.29 is 14.6 Å². The second-order valence-corrected chi connectivity index (χ2v) is 3.56. The second-order valence-electron chi connectivity index (χ2n) is 3.00. The van der Waals surface area contributed by atoms with Crippen molar-refractivity contribution in [3.8, 4) is 0 Å². The number of hydrogen-bond acceptors (Lipinski definition) is 2. The topological polar surface area (TPSA) is 46.5 Å². The molecule has 70 valence electrons. The van der Waals surface area contributed by atoms with Gasteiger partial charge >= 0.3 is 5.97 Å². The molecule has 0 saturated carbocycles. The van der Waals surface area contributed by atoms with E-state index in [9.17, 15) is 4.79 Å². The highest BCUT2D eigenvalue weighted by atomic mass is 35.5. The van der Waals surface area contributed by atoms with E-state index in [0.717, 1.165) is 19.4 Å². The molecule has 12 heavy (non-hydrogen) atoms. The zero-order valence-corrected chi connectivity index (χ0v) is 7.59. The zero-order valence-electron chi connectivity index (χ0n) is 6.83. The number of aliphatic carboxylic acids is 1. The number of halogens is 1. The Bertz CT molecular complexity index is 154. The minimum Gasteiger partial charge on any atom is -0.481 e. The Labute approximate surface area is 76.7 Å². The first-order valence-corrected chi connectivity index (χ1v) is 4.61. The predicted octanol–water partition coefficient (Wildman–Crippen LogP) is 1.64. The Morgan fingerprint density at radius 1 is 1.75 bits per heavy atom. The van der Waals surface area contributed by atoms with Crippen LogP contribution in [0, 0.1) is 0 Å². The highest BCUT2D eigenvalue weighted by Gasteiger charge is 2.24. The van der Waals surface area contributed by atoms with E-state index in [0.29, 0.717) is 6.42 Å². The first-order chi connectivity index (χ1) is 5.70. The van der Waals surface area contributed by atoms with E-state index in [1.54, 1.807) is 0 Å². The van der Waals surface area contributed by atoms with E-state index in [2.05, 4.69) is 0 Å². The van der Waals surface area contributed by atoms with E-state index < -0.39 is 5.97 Å². The SMILES string of the molecule is O=C(O)CCC(Cl)C1CCCO1. The summed E-state index contributed by atoms with van der Waals surface area (Å²) in [7, 11) is 0. The molecule has 0 aromatic carbocycles. The summed E-state index contributed by atoms with van der Waals surface area (Å²) in [6.07, 6.45) is 2.72. The molecule has 1 fully saturated rings. The lowest BCUT2D eigenvalue weighted by Gasteiger charge is -2.14. The molecule has 0 bridgehead atoms. The average molecular weight is 193 g/mol. The summed E-state index contributed by atoms with van der Waals surface area (Å²) >= 11 is 5.94. The van der Waals surface area contributed by atoms with Gasteiger partial charge in [-0.25, -0.2) is 0 Å². The molecule has 1 saturated heterocycles. The second kappa shape index (κ2) is 4.67. The summed E-state index contributed by atoms with van der Waals surface area (Å²) in [5, 5.41) is 8.27. The van der Waals surface area contributed by atoms with Gasteiger partial charge < -0.3 is 9.84 Å². The number of carbonyl (C=O) groups is 1. The largest absolute Gasteiger partial charge is 0.481 e. The van der Waals surface area contributed by atoms with Crippen LogP contribution in [0.1, 0.15) is 25.7 Å². The maximum atomic E-state index is 10.2. The van der Waals surface area contributed by atoms with Crippen LogP contribution in [0.2, 0.25) is 0 Å². The lowest BCUT2D eigenvalue weighted by molar-refractivity contribution is -0.137. The van der Waals surface area contributed by atoms with Gasteiger partial charge in [0, 0.05) is 13.0 Å². The van der Waals surface area contributed by atoms with Crippen LogP contribution in [0.4, 0.5) is 0 Å². The van der Waals surface area contributed by atoms with E-state index >= 15 is 0 Å². The fourth-order valence-electron chi connectivity index (χ4n) is 1.34. The summed E-state index contributed by atoms with van der Waals surface area (Å²) in [5.74, 6) is -0.793. The standard InChI is InChI=1S/C8H13ClO3/c9-6(3-4-8(10)11)7-2-1-5-12-7/h6-7H,1-5H2,(H,10,11). The molecule has 1 heterocycles. The van der Waals surface area contributed by atoms with Crippen molar-refractivity contribution in [2.24, 2.45) is 0 Å².